The summed E-state index contributed by atoms with van der Waals surface area (Å²) >= 11 is 6.71. The maximum atomic E-state index is 6.71. The van der Waals surface area contributed by atoms with Crippen LogP contribution in [0.4, 0.5) is 0 Å². The van der Waals surface area contributed by atoms with Gasteiger partial charge in [-0.1, -0.05) is 30.3 Å². The van der Waals surface area contributed by atoms with Crippen LogP contribution in [0.2, 0.25) is 0 Å². The standard InChI is InChI=1S/C18H19ClO/c1-11-5-4-6-16(13(11)3)18(19)14-7-8-17-15(10-14)9-12(2)20-17/h4-8,10,12,18H,9H2,1-3H3. The summed E-state index contributed by atoms with van der Waals surface area (Å²) in [5, 5.41) is -0.101. The van der Waals surface area contributed by atoms with Crippen LogP contribution in [0.1, 0.15) is 40.1 Å². The van der Waals surface area contributed by atoms with Gasteiger partial charge in [-0.15, -0.1) is 11.6 Å². The molecule has 0 bridgehead atoms. The number of benzene rings is 2. The predicted molar refractivity (Wildman–Crippen MR) is 83.8 cm³/mol. The van der Waals surface area contributed by atoms with Crippen LogP contribution >= 0.6 is 11.6 Å². The molecule has 1 heterocycles. The summed E-state index contributed by atoms with van der Waals surface area (Å²) in [5.74, 6) is 1.01. The van der Waals surface area contributed by atoms with Crippen LogP contribution in [0.15, 0.2) is 36.4 Å². The van der Waals surface area contributed by atoms with Gasteiger partial charge in [-0.3, -0.25) is 0 Å². The first kappa shape index (κ1) is 13.5. The number of alkyl halides is 1. The van der Waals surface area contributed by atoms with Crippen molar-refractivity contribution in [1.29, 1.82) is 0 Å². The van der Waals surface area contributed by atoms with Gasteiger partial charge in [-0.25, -0.2) is 0 Å². The summed E-state index contributed by atoms with van der Waals surface area (Å²) in [4.78, 5) is 0. The summed E-state index contributed by atoms with van der Waals surface area (Å²) in [6.45, 7) is 6.36. The lowest BCUT2D eigenvalue weighted by Gasteiger charge is -2.15. The normalized spacial score (nSPS) is 18.5. The lowest BCUT2D eigenvalue weighted by molar-refractivity contribution is 0.254. The molecule has 0 aromatic heterocycles. The van der Waals surface area contributed by atoms with E-state index in [2.05, 4.69) is 57.2 Å². The highest BCUT2D eigenvalue weighted by molar-refractivity contribution is 6.22. The molecular weight excluding hydrogens is 268 g/mol. The van der Waals surface area contributed by atoms with E-state index in [1.54, 1.807) is 0 Å². The average molecular weight is 287 g/mol. The molecule has 0 fully saturated rings. The van der Waals surface area contributed by atoms with Crippen molar-refractivity contribution in [3.8, 4) is 5.75 Å². The molecule has 2 atom stereocenters. The minimum absolute atomic E-state index is 0.101. The highest BCUT2D eigenvalue weighted by Gasteiger charge is 2.21. The second kappa shape index (κ2) is 5.14. The van der Waals surface area contributed by atoms with E-state index in [9.17, 15) is 0 Å². The number of halogens is 1. The number of rotatable bonds is 2. The monoisotopic (exact) mass is 286 g/mol. The Hall–Kier alpha value is -1.47. The fraction of sp³-hybridized carbons (Fsp3) is 0.333. The Labute approximate surface area is 125 Å². The topological polar surface area (TPSA) is 9.23 Å². The summed E-state index contributed by atoms with van der Waals surface area (Å²) in [6.07, 6.45) is 1.24. The lowest BCUT2D eigenvalue weighted by Crippen LogP contribution is -2.05. The van der Waals surface area contributed by atoms with Crippen molar-refractivity contribution in [1.82, 2.24) is 0 Å². The van der Waals surface area contributed by atoms with E-state index in [0.717, 1.165) is 17.7 Å². The van der Waals surface area contributed by atoms with Crippen molar-refractivity contribution in [2.45, 2.75) is 38.7 Å². The van der Waals surface area contributed by atoms with Gasteiger partial charge in [0, 0.05) is 6.42 Å². The number of aryl methyl sites for hydroxylation is 1. The summed E-state index contributed by atoms with van der Waals surface area (Å²) in [6, 6.07) is 12.6. The fourth-order valence-electron chi connectivity index (χ4n) is 2.83. The molecule has 2 aromatic rings. The Morgan fingerprint density at radius 2 is 2.00 bits per heavy atom. The van der Waals surface area contributed by atoms with Crippen molar-refractivity contribution in [2.75, 3.05) is 0 Å². The van der Waals surface area contributed by atoms with Crippen molar-refractivity contribution in [2.24, 2.45) is 0 Å². The third-order valence-electron chi connectivity index (χ3n) is 4.13. The summed E-state index contributed by atoms with van der Waals surface area (Å²) in [7, 11) is 0. The van der Waals surface area contributed by atoms with Gasteiger partial charge in [0.05, 0.1) is 5.38 Å². The van der Waals surface area contributed by atoms with Gasteiger partial charge < -0.3 is 4.74 Å². The van der Waals surface area contributed by atoms with E-state index in [4.69, 9.17) is 16.3 Å². The van der Waals surface area contributed by atoms with Crippen LogP contribution in [-0.2, 0) is 6.42 Å². The van der Waals surface area contributed by atoms with Crippen LogP contribution in [0, 0.1) is 13.8 Å². The van der Waals surface area contributed by atoms with Gasteiger partial charge >= 0.3 is 0 Å². The van der Waals surface area contributed by atoms with E-state index in [1.807, 2.05) is 0 Å². The molecule has 2 unspecified atom stereocenters. The number of fused-ring (bicyclic) bond motifs is 1. The maximum absolute atomic E-state index is 6.71. The number of hydrogen-bond acceptors (Lipinski definition) is 1. The quantitative estimate of drug-likeness (QED) is 0.709. The average Bonchev–Trinajstić information content (AvgIpc) is 2.80. The summed E-state index contributed by atoms with van der Waals surface area (Å²) < 4.78 is 5.75. The van der Waals surface area contributed by atoms with Crippen molar-refractivity contribution >= 4 is 11.6 Å². The van der Waals surface area contributed by atoms with E-state index in [0.29, 0.717) is 0 Å². The van der Waals surface area contributed by atoms with Gasteiger partial charge in [0.15, 0.2) is 0 Å². The molecule has 2 aromatic carbocycles. The molecule has 0 radical (unpaired) electrons. The highest BCUT2D eigenvalue weighted by atomic mass is 35.5. The molecule has 0 amide bonds. The van der Waals surface area contributed by atoms with E-state index in [1.165, 1.54) is 22.3 Å². The smallest absolute Gasteiger partial charge is 0.123 e. The Bertz CT molecular complexity index is 648. The van der Waals surface area contributed by atoms with Crippen LogP contribution in [0.3, 0.4) is 0 Å². The molecule has 1 nitrogen and oxygen atoms in total. The zero-order chi connectivity index (χ0) is 14.3. The molecule has 3 rings (SSSR count). The molecule has 2 heteroatoms. The Balaban J connectivity index is 1.97. The predicted octanol–water partition coefficient (Wildman–Crippen LogP) is 4.96. The minimum atomic E-state index is -0.101. The van der Waals surface area contributed by atoms with Crippen LogP contribution in [-0.4, -0.2) is 6.10 Å². The summed E-state index contributed by atoms with van der Waals surface area (Å²) in [5.41, 5.74) is 6.17. The molecule has 0 N–H and O–H groups in total. The first-order valence-corrected chi connectivity index (χ1v) is 7.49. The maximum Gasteiger partial charge on any atom is 0.123 e. The van der Waals surface area contributed by atoms with Crippen molar-refractivity contribution < 1.29 is 4.74 Å². The zero-order valence-electron chi connectivity index (χ0n) is 12.1. The van der Waals surface area contributed by atoms with Crippen LogP contribution < -0.4 is 4.74 Å². The minimum Gasteiger partial charge on any atom is -0.490 e. The second-order valence-corrected chi connectivity index (χ2v) is 6.09. The molecule has 20 heavy (non-hydrogen) atoms. The first-order chi connectivity index (χ1) is 9.56. The van der Waals surface area contributed by atoms with Gasteiger partial charge in [0.25, 0.3) is 0 Å². The highest BCUT2D eigenvalue weighted by Crippen LogP contribution is 2.36. The fourth-order valence-corrected chi connectivity index (χ4v) is 3.20. The Morgan fingerprint density at radius 3 is 2.80 bits per heavy atom. The van der Waals surface area contributed by atoms with Crippen LogP contribution in [0.5, 0.6) is 5.75 Å². The third kappa shape index (κ3) is 2.31. The molecule has 104 valence electrons. The Kier molecular flexibility index (Phi) is 3.47. The molecule has 0 aliphatic carbocycles. The van der Waals surface area contributed by atoms with Gasteiger partial charge in [0.2, 0.25) is 0 Å². The molecule has 0 spiro atoms. The SMILES string of the molecule is Cc1cccc(C(Cl)c2ccc3c(c2)CC(C)O3)c1C. The molecule has 0 saturated carbocycles. The van der Waals surface area contributed by atoms with E-state index >= 15 is 0 Å². The van der Waals surface area contributed by atoms with Gasteiger partial charge in [0.1, 0.15) is 11.9 Å². The third-order valence-corrected chi connectivity index (χ3v) is 4.62. The van der Waals surface area contributed by atoms with Crippen LogP contribution in [0.25, 0.3) is 0 Å². The largest absolute Gasteiger partial charge is 0.490 e. The first-order valence-electron chi connectivity index (χ1n) is 7.06. The number of hydrogen-bond donors (Lipinski definition) is 0. The molecule has 1 aliphatic rings. The number of ether oxygens (including phenoxy) is 1. The van der Waals surface area contributed by atoms with E-state index < -0.39 is 0 Å². The van der Waals surface area contributed by atoms with E-state index in [-0.39, 0.29) is 11.5 Å². The van der Waals surface area contributed by atoms with Crippen molar-refractivity contribution in [3.05, 3.63) is 64.2 Å². The Morgan fingerprint density at radius 1 is 1.20 bits per heavy atom. The molecule has 1 aliphatic heterocycles. The second-order valence-electron chi connectivity index (χ2n) is 5.65. The molecular formula is C18H19ClO. The lowest BCUT2D eigenvalue weighted by atomic mass is 9.95. The van der Waals surface area contributed by atoms with Gasteiger partial charge in [-0.05, 0) is 54.7 Å². The molecule has 0 saturated heterocycles. The zero-order valence-corrected chi connectivity index (χ0v) is 12.9. The van der Waals surface area contributed by atoms with Gasteiger partial charge in [-0.2, -0.15) is 0 Å². The van der Waals surface area contributed by atoms with Crippen molar-refractivity contribution in [3.63, 3.8) is 0 Å².